The molecule has 1 aromatic carbocycles. The minimum Gasteiger partial charge on any atom is -0.391 e. The van der Waals surface area contributed by atoms with E-state index in [0.29, 0.717) is 13.0 Å². The molecule has 0 saturated heterocycles. The van der Waals surface area contributed by atoms with Crippen molar-refractivity contribution in [3.8, 4) is 6.07 Å². The van der Waals surface area contributed by atoms with Gasteiger partial charge in [0, 0.05) is 4.88 Å². The molecule has 102 valence electrons. The summed E-state index contributed by atoms with van der Waals surface area (Å²) in [5.41, 5.74) is 3.17. The van der Waals surface area contributed by atoms with Crippen LogP contribution in [0.15, 0.2) is 41.6 Å². The highest BCUT2D eigenvalue weighted by Gasteiger charge is 2.03. The third kappa shape index (κ3) is 3.94. The summed E-state index contributed by atoms with van der Waals surface area (Å²) < 4.78 is 0. The topological polar surface area (TPSA) is 45.4 Å². The molecule has 4 heteroatoms. The number of hydrogen-bond acceptors (Lipinski definition) is 4. The van der Waals surface area contributed by atoms with Crippen molar-refractivity contribution in [2.45, 2.75) is 26.9 Å². The Morgan fingerprint density at radius 3 is 2.70 bits per heavy atom. The lowest BCUT2D eigenvalue weighted by Gasteiger charge is -2.02. The van der Waals surface area contributed by atoms with E-state index >= 15 is 0 Å². The van der Waals surface area contributed by atoms with Gasteiger partial charge in [-0.2, -0.15) is 5.26 Å². The van der Waals surface area contributed by atoms with Gasteiger partial charge in [0.15, 0.2) is 0 Å². The average molecular weight is 284 g/mol. The Labute approximate surface area is 123 Å². The summed E-state index contributed by atoms with van der Waals surface area (Å²) in [6.45, 7) is 4.44. The maximum Gasteiger partial charge on any atom is 0.142 e. The van der Waals surface area contributed by atoms with Crippen LogP contribution in [0.4, 0.5) is 0 Å². The molecule has 3 nitrogen and oxygen atoms in total. The van der Waals surface area contributed by atoms with E-state index in [-0.39, 0.29) is 0 Å². The Hall–Kier alpha value is -2.12. The molecule has 0 radical (unpaired) electrons. The van der Waals surface area contributed by atoms with Crippen LogP contribution in [0.5, 0.6) is 0 Å². The minimum absolute atomic E-state index is 0.447. The van der Waals surface area contributed by atoms with Gasteiger partial charge < -0.3 is 4.84 Å². The van der Waals surface area contributed by atoms with Crippen LogP contribution >= 0.6 is 11.3 Å². The summed E-state index contributed by atoms with van der Waals surface area (Å²) in [6.07, 6.45) is 0.447. The summed E-state index contributed by atoms with van der Waals surface area (Å²) in [5.74, 6) is 0. The highest BCUT2D eigenvalue weighted by Crippen LogP contribution is 2.18. The summed E-state index contributed by atoms with van der Waals surface area (Å²) >= 11 is 1.58. The van der Waals surface area contributed by atoms with Gasteiger partial charge >= 0.3 is 0 Å². The van der Waals surface area contributed by atoms with E-state index in [1.165, 1.54) is 5.56 Å². The van der Waals surface area contributed by atoms with Gasteiger partial charge in [-0.25, -0.2) is 0 Å². The fourth-order valence-electron chi connectivity index (χ4n) is 1.68. The highest BCUT2D eigenvalue weighted by atomic mass is 32.1. The van der Waals surface area contributed by atoms with Crippen LogP contribution in [0.1, 0.15) is 27.8 Å². The largest absolute Gasteiger partial charge is 0.391 e. The van der Waals surface area contributed by atoms with Gasteiger partial charge in [0.25, 0.3) is 0 Å². The molecule has 0 aliphatic rings. The molecule has 0 atom stereocenters. The monoisotopic (exact) mass is 284 g/mol. The molecule has 0 fully saturated rings. The second-order valence-electron chi connectivity index (χ2n) is 4.54. The number of aryl methyl sites for hydroxylation is 1. The lowest BCUT2D eigenvalue weighted by Crippen LogP contribution is -1.94. The Bertz CT molecular complexity index is 635. The van der Waals surface area contributed by atoms with Gasteiger partial charge in [0.05, 0.1) is 23.1 Å². The zero-order chi connectivity index (χ0) is 14.4. The summed E-state index contributed by atoms with van der Waals surface area (Å²) in [5, 5.41) is 12.8. The predicted molar refractivity (Wildman–Crippen MR) is 81.8 cm³/mol. The first-order valence-corrected chi connectivity index (χ1v) is 7.19. The van der Waals surface area contributed by atoms with Gasteiger partial charge in [-0.3, -0.25) is 0 Å². The second kappa shape index (κ2) is 6.88. The van der Waals surface area contributed by atoms with Crippen LogP contribution in [0.2, 0.25) is 0 Å². The van der Waals surface area contributed by atoms with Crippen molar-refractivity contribution in [2.75, 3.05) is 0 Å². The van der Waals surface area contributed by atoms with Gasteiger partial charge in [0.1, 0.15) is 6.61 Å². The first-order chi connectivity index (χ1) is 9.69. The molecule has 0 spiro atoms. The summed E-state index contributed by atoms with van der Waals surface area (Å²) in [7, 11) is 0. The van der Waals surface area contributed by atoms with Crippen molar-refractivity contribution in [1.82, 2.24) is 0 Å². The van der Waals surface area contributed by atoms with Crippen LogP contribution < -0.4 is 0 Å². The molecule has 0 unspecified atom stereocenters. The normalized spacial score (nSPS) is 11.2. The number of nitrogens with zero attached hydrogens (tertiary/aromatic N) is 2. The molecule has 0 N–H and O–H groups in total. The van der Waals surface area contributed by atoms with E-state index < -0.39 is 0 Å². The van der Waals surface area contributed by atoms with Crippen LogP contribution in [-0.4, -0.2) is 5.71 Å². The quantitative estimate of drug-likeness (QED) is 0.614. The third-order valence-corrected chi connectivity index (χ3v) is 4.02. The molecule has 2 aromatic rings. The van der Waals surface area contributed by atoms with Gasteiger partial charge in [-0.15, -0.1) is 11.3 Å². The molecule has 0 amide bonds. The zero-order valence-corrected chi connectivity index (χ0v) is 12.4. The third-order valence-electron chi connectivity index (χ3n) is 2.82. The highest BCUT2D eigenvalue weighted by molar-refractivity contribution is 7.14. The van der Waals surface area contributed by atoms with E-state index in [0.717, 1.165) is 21.0 Å². The van der Waals surface area contributed by atoms with Crippen LogP contribution in [0.25, 0.3) is 0 Å². The van der Waals surface area contributed by atoms with Crippen molar-refractivity contribution in [1.29, 1.82) is 5.26 Å². The molecule has 1 aromatic heterocycles. The maximum atomic E-state index is 8.66. The smallest absolute Gasteiger partial charge is 0.142 e. The Balaban J connectivity index is 1.93. The minimum atomic E-state index is 0.447. The summed E-state index contributed by atoms with van der Waals surface area (Å²) in [4.78, 5) is 7.47. The molecule has 20 heavy (non-hydrogen) atoms. The van der Waals surface area contributed by atoms with Gasteiger partial charge in [-0.05, 0) is 31.5 Å². The first-order valence-electron chi connectivity index (χ1n) is 6.37. The first kappa shape index (κ1) is 14.3. The van der Waals surface area contributed by atoms with E-state index in [9.17, 15) is 0 Å². The van der Waals surface area contributed by atoms with Crippen molar-refractivity contribution in [2.24, 2.45) is 5.16 Å². The molecular weight excluding hydrogens is 268 g/mol. The van der Waals surface area contributed by atoms with Crippen molar-refractivity contribution in [3.05, 3.63) is 57.3 Å². The number of hydrogen-bond donors (Lipinski definition) is 0. The van der Waals surface area contributed by atoms with E-state index in [1.54, 1.807) is 11.3 Å². The van der Waals surface area contributed by atoms with E-state index in [2.05, 4.69) is 30.3 Å². The van der Waals surface area contributed by atoms with Crippen LogP contribution in [0, 0.1) is 18.3 Å². The van der Waals surface area contributed by atoms with Crippen molar-refractivity contribution < 1.29 is 4.84 Å². The molecule has 0 saturated carbocycles. The summed E-state index contributed by atoms with van der Waals surface area (Å²) in [6, 6.07) is 14.3. The van der Waals surface area contributed by atoms with Crippen LogP contribution in [-0.2, 0) is 17.9 Å². The molecule has 0 aliphatic heterocycles. The number of oxime groups is 1. The Morgan fingerprint density at radius 2 is 2.00 bits per heavy atom. The van der Waals surface area contributed by atoms with Crippen molar-refractivity contribution >= 4 is 17.0 Å². The van der Waals surface area contributed by atoms with Gasteiger partial charge in [0.2, 0.25) is 0 Å². The Kier molecular flexibility index (Phi) is 4.91. The van der Waals surface area contributed by atoms with Crippen LogP contribution in [0.3, 0.4) is 0 Å². The van der Waals surface area contributed by atoms with Gasteiger partial charge in [-0.1, -0.05) is 35.0 Å². The standard InChI is InChI=1S/C16H16N2OS/c1-12-3-5-14(6-4-12)11-19-18-13(2)16-8-7-15(20-16)9-10-17/h3-8H,9,11H2,1-2H3/b18-13+. The molecule has 0 bridgehead atoms. The SMILES string of the molecule is C/C(=N\OCc1ccc(C)cc1)c1ccc(CC#N)s1. The average Bonchev–Trinajstić information content (AvgIpc) is 2.90. The molecule has 0 aliphatic carbocycles. The fraction of sp³-hybridized carbons (Fsp3) is 0.250. The lowest BCUT2D eigenvalue weighted by molar-refractivity contribution is 0.130. The lowest BCUT2D eigenvalue weighted by atomic mass is 10.2. The number of nitriles is 1. The molecule has 2 rings (SSSR count). The second-order valence-corrected chi connectivity index (χ2v) is 5.70. The predicted octanol–water partition coefficient (Wildman–Crippen LogP) is 4.06. The number of benzene rings is 1. The zero-order valence-electron chi connectivity index (χ0n) is 11.6. The number of thiophene rings is 1. The maximum absolute atomic E-state index is 8.66. The van der Waals surface area contributed by atoms with E-state index in [4.69, 9.17) is 10.1 Å². The fourth-order valence-corrected chi connectivity index (χ4v) is 2.55. The molecular formula is C16H16N2OS. The number of rotatable bonds is 5. The van der Waals surface area contributed by atoms with Crippen molar-refractivity contribution in [3.63, 3.8) is 0 Å². The Morgan fingerprint density at radius 1 is 1.25 bits per heavy atom. The molecule has 1 heterocycles. The van der Waals surface area contributed by atoms with E-state index in [1.807, 2.05) is 31.2 Å².